The van der Waals surface area contributed by atoms with Gasteiger partial charge in [0.2, 0.25) is 0 Å². The molecule has 0 amide bonds. The maximum absolute atomic E-state index is 3.70. The van der Waals surface area contributed by atoms with Crippen molar-refractivity contribution in [1.82, 2.24) is 0 Å². The number of benzene rings is 5. The van der Waals surface area contributed by atoms with Crippen molar-refractivity contribution in [3.63, 3.8) is 0 Å². The Morgan fingerprint density at radius 2 is 1.27 bits per heavy atom. The van der Waals surface area contributed by atoms with Gasteiger partial charge in [-0.3, -0.25) is 0 Å². The van der Waals surface area contributed by atoms with E-state index in [1.807, 2.05) is 0 Å². The molecule has 5 aromatic carbocycles. The van der Waals surface area contributed by atoms with Crippen LogP contribution < -0.4 is 16.4 Å². The van der Waals surface area contributed by atoms with Crippen LogP contribution in [0.4, 0.5) is 0 Å². The standard InChI is InChI=1S/C35H29B.U/c1-24-15-19-26(20-16-24)28-9-7-10-29(23-28)36-32-13-6-5-12-31(32)35(3,4)34-30(11-8-14-33(34)36)27-21-17-25(2)18-22-27;/h5-9,11-13,15-23H,1-4H3;/q-2;+2. The molecule has 1 aliphatic heterocycles. The molecule has 37 heavy (non-hydrogen) atoms. The second kappa shape index (κ2) is 10.2. The van der Waals surface area contributed by atoms with Crippen LogP contribution in [-0.2, 0) is 5.41 Å². The van der Waals surface area contributed by atoms with Crippen LogP contribution in [-0.4, -0.2) is 6.71 Å². The molecule has 0 saturated heterocycles. The summed E-state index contributed by atoms with van der Waals surface area (Å²) in [5.74, 6) is 0. The van der Waals surface area contributed by atoms with E-state index in [1.165, 1.54) is 60.9 Å². The third kappa shape index (κ3) is 4.56. The van der Waals surface area contributed by atoms with Crippen molar-refractivity contribution in [2.45, 2.75) is 33.1 Å². The van der Waals surface area contributed by atoms with Crippen LogP contribution in [0.15, 0.2) is 103 Å². The van der Waals surface area contributed by atoms with Gasteiger partial charge in [0.1, 0.15) is 0 Å². The fourth-order valence-corrected chi connectivity index (χ4v) is 5.90. The average Bonchev–Trinajstić information content (AvgIpc) is 2.90. The molecule has 6 rings (SSSR count). The molecule has 0 aliphatic carbocycles. The largest absolute Gasteiger partial charge is 2.00 e. The van der Waals surface area contributed by atoms with E-state index in [9.17, 15) is 0 Å². The van der Waals surface area contributed by atoms with Gasteiger partial charge in [0, 0.05) is 0 Å². The van der Waals surface area contributed by atoms with Crippen LogP contribution in [0.5, 0.6) is 0 Å². The van der Waals surface area contributed by atoms with Gasteiger partial charge in [-0.15, -0.1) is 16.7 Å². The van der Waals surface area contributed by atoms with E-state index < -0.39 is 0 Å². The van der Waals surface area contributed by atoms with Crippen molar-refractivity contribution in [2.75, 3.05) is 0 Å². The van der Waals surface area contributed by atoms with Crippen molar-refractivity contribution < 1.29 is 31.1 Å². The SMILES string of the molecule is Cc1ccc(-c2cc[c-]c(B3c4[c-]ccc(-c5ccc(C)cc5)c4C(C)(C)c4ccccc43)c2)cc1.[U+2]. The van der Waals surface area contributed by atoms with Gasteiger partial charge in [0.15, 0.2) is 6.71 Å². The van der Waals surface area contributed by atoms with E-state index in [-0.39, 0.29) is 43.2 Å². The summed E-state index contributed by atoms with van der Waals surface area (Å²) >= 11 is 0. The molecule has 1 aliphatic rings. The summed E-state index contributed by atoms with van der Waals surface area (Å²) in [5, 5.41) is 0. The fraction of sp³-hybridized carbons (Fsp3) is 0.143. The number of fused-ring (bicyclic) bond motifs is 2. The second-order valence-corrected chi connectivity index (χ2v) is 10.6. The summed E-state index contributed by atoms with van der Waals surface area (Å²) in [6.45, 7) is 9.08. The molecule has 0 spiro atoms. The maximum Gasteiger partial charge on any atom is 2.00 e. The number of hydrogen-bond acceptors (Lipinski definition) is 0. The van der Waals surface area contributed by atoms with Gasteiger partial charge in [0.25, 0.3) is 0 Å². The van der Waals surface area contributed by atoms with Crippen LogP contribution in [0, 0.1) is 57.1 Å². The predicted octanol–water partition coefficient (Wildman–Crippen LogP) is 6.39. The monoisotopic (exact) mass is 698 g/mol. The normalized spacial score (nSPS) is 13.4. The molecule has 0 aromatic heterocycles. The molecule has 0 saturated carbocycles. The molecule has 0 bridgehead atoms. The first-order chi connectivity index (χ1) is 17.4. The maximum atomic E-state index is 3.70. The van der Waals surface area contributed by atoms with Gasteiger partial charge in [-0.2, -0.15) is 53.4 Å². The Morgan fingerprint density at radius 1 is 0.649 bits per heavy atom. The van der Waals surface area contributed by atoms with Crippen molar-refractivity contribution >= 4 is 23.1 Å². The van der Waals surface area contributed by atoms with Crippen LogP contribution in [0.3, 0.4) is 0 Å². The smallest absolute Gasteiger partial charge is 0.189 e. The van der Waals surface area contributed by atoms with Crippen LogP contribution in [0.1, 0.15) is 36.1 Å². The Balaban J connectivity index is 0.00000280. The molecular weight excluding hydrogens is 669 g/mol. The van der Waals surface area contributed by atoms with E-state index in [0.29, 0.717) is 0 Å². The Labute approximate surface area is 245 Å². The minimum atomic E-state index is -0.144. The Bertz CT molecular complexity index is 1560. The van der Waals surface area contributed by atoms with Crippen LogP contribution >= 0.6 is 0 Å². The Hall–Kier alpha value is -2.78. The van der Waals surface area contributed by atoms with Crippen molar-refractivity contribution in [1.29, 1.82) is 0 Å². The molecule has 1 heterocycles. The van der Waals surface area contributed by atoms with Crippen LogP contribution in [0.25, 0.3) is 22.3 Å². The molecule has 2 heteroatoms. The van der Waals surface area contributed by atoms with Crippen molar-refractivity contribution in [2.24, 2.45) is 0 Å². The zero-order chi connectivity index (χ0) is 24.9. The zero-order valence-electron chi connectivity index (χ0n) is 21.9. The topological polar surface area (TPSA) is 0 Å². The molecule has 0 N–H and O–H groups in total. The van der Waals surface area contributed by atoms with E-state index in [2.05, 4.69) is 143 Å². The molecule has 0 radical (unpaired) electrons. The molecule has 0 unspecified atom stereocenters. The minimum absolute atomic E-state index is 0. The summed E-state index contributed by atoms with van der Waals surface area (Å²) in [5.41, 5.74) is 14.0. The summed E-state index contributed by atoms with van der Waals surface area (Å²) in [7, 11) is 0. The van der Waals surface area contributed by atoms with E-state index in [1.54, 1.807) is 0 Å². The molecular formula is C35H29BU. The third-order valence-corrected chi connectivity index (χ3v) is 7.77. The van der Waals surface area contributed by atoms with Gasteiger partial charge >= 0.3 is 31.1 Å². The Kier molecular flexibility index (Phi) is 7.11. The van der Waals surface area contributed by atoms with Gasteiger partial charge in [-0.1, -0.05) is 109 Å². The summed E-state index contributed by atoms with van der Waals surface area (Å²) in [6, 6.07) is 44.9. The number of aryl methyl sites for hydroxylation is 2. The average molecular weight is 698 g/mol. The van der Waals surface area contributed by atoms with E-state index >= 15 is 0 Å². The first-order valence-corrected chi connectivity index (χ1v) is 12.7. The first-order valence-electron chi connectivity index (χ1n) is 12.7. The van der Waals surface area contributed by atoms with Gasteiger partial charge < -0.3 is 0 Å². The zero-order valence-corrected chi connectivity index (χ0v) is 26.1. The van der Waals surface area contributed by atoms with Crippen molar-refractivity contribution in [3.05, 3.63) is 138 Å². The summed E-state index contributed by atoms with van der Waals surface area (Å²) in [6.07, 6.45) is 0. The number of hydrogen-bond donors (Lipinski definition) is 0. The van der Waals surface area contributed by atoms with E-state index in [0.717, 1.165) is 0 Å². The third-order valence-electron chi connectivity index (χ3n) is 7.77. The second-order valence-electron chi connectivity index (χ2n) is 10.6. The summed E-state index contributed by atoms with van der Waals surface area (Å²) < 4.78 is 0. The number of rotatable bonds is 3. The van der Waals surface area contributed by atoms with E-state index in [4.69, 9.17) is 0 Å². The molecule has 0 atom stereocenters. The van der Waals surface area contributed by atoms with Gasteiger partial charge in [-0.25, -0.2) is 0 Å². The molecule has 176 valence electrons. The molecule has 0 fully saturated rings. The predicted molar refractivity (Wildman–Crippen MR) is 154 cm³/mol. The van der Waals surface area contributed by atoms with Gasteiger partial charge in [0.05, 0.1) is 0 Å². The minimum Gasteiger partial charge on any atom is -0.189 e. The first kappa shape index (κ1) is 25.8. The van der Waals surface area contributed by atoms with Gasteiger partial charge in [-0.05, 0) is 30.4 Å². The quantitative estimate of drug-likeness (QED) is 0.151. The van der Waals surface area contributed by atoms with Crippen molar-refractivity contribution in [3.8, 4) is 22.3 Å². The summed E-state index contributed by atoms with van der Waals surface area (Å²) in [4.78, 5) is 0. The fourth-order valence-electron chi connectivity index (χ4n) is 5.90. The van der Waals surface area contributed by atoms with Crippen LogP contribution in [0.2, 0.25) is 0 Å². The molecule has 5 aromatic rings. The Morgan fingerprint density at radius 3 is 1.97 bits per heavy atom. The molecule has 0 nitrogen and oxygen atoms in total.